The second-order valence-electron chi connectivity index (χ2n) is 7.56. The smallest absolute Gasteiger partial charge is 0.226 e. The Balaban J connectivity index is 1.41. The molecule has 7 heteroatoms. The Bertz CT molecular complexity index is 663. The van der Waals surface area contributed by atoms with E-state index in [1.807, 2.05) is 23.1 Å². The van der Waals surface area contributed by atoms with Gasteiger partial charge in [0.1, 0.15) is 5.82 Å². The fourth-order valence-corrected chi connectivity index (χ4v) is 5.29. The summed E-state index contributed by atoms with van der Waals surface area (Å²) >= 11 is 3.72. The highest BCUT2D eigenvalue weighted by molar-refractivity contribution is 9.09. The second-order valence-corrected chi connectivity index (χ2v) is 8.85. The Morgan fingerprint density at radius 3 is 2.73 bits per heavy atom. The summed E-state index contributed by atoms with van der Waals surface area (Å²) in [6, 6.07) is 6.06. The summed E-state index contributed by atoms with van der Waals surface area (Å²) in [6.45, 7) is 2.97. The molecular formula is C19H25BrN4O2. The summed E-state index contributed by atoms with van der Waals surface area (Å²) in [5.74, 6) is 1.25. The van der Waals surface area contributed by atoms with E-state index in [1.54, 1.807) is 6.20 Å². The summed E-state index contributed by atoms with van der Waals surface area (Å²) in [7, 11) is 0. The van der Waals surface area contributed by atoms with Gasteiger partial charge in [-0.25, -0.2) is 4.98 Å². The number of amides is 2. The minimum atomic E-state index is -0.171. The molecule has 3 aliphatic rings. The van der Waals surface area contributed by atoms with Gasteiger partial charge in [0.2, 0.25) is 11.8 Å². The standard InChI is InChI=1S/C19H25BrN4O2/c20-13-4-5-16-14(11-13)15(12-18(25)22-16)19(26)24-9-7-23(8-10-24)17-3-1-2-6-21-17/h1-3,6,13-16H,4-5,7-12H2,(H,22,25). The first-order valence-corrected chi connectivity index (χ1v) is 10.4. The van der Waals surface area contributed by atoms with E-state index in [1.165, 1.54) is 0 Å². The minimum absolute atomic E-state index is 0.0322. The molecule has 1 aliphatic carbocycles. The van der Waals surface area contributed by atoms with Crippen molar-refractivity contribution in [2.24, 2.45) is 11.8 Å². The van der Waals surface area contributed by atoms with Gasteiger partial charge in [0, 0.05) is 49.7 Å². The lowest BCUT2D eigenvalue weighted by Gasteiger charge is -2.44. The molecule has 1 N–H and O–H groups in total. The van der Waals surface area contributed by atoms with Crippen LogP contribution in [0.2, 0.25) is 0 Å². The molecule has 3 heterocycles. The number of nitrogens with one attached hydrogen (secondary N) is 1. The number of carbonyl (C=O) groups excluding carboxylic acids is 2. The molecule has 2 amide bonds. The third-order valence-electron chi connectivity index (χ3n) is 5.99. The van der Waals surface area contributed by atoms with Gasteiger partial charge < -0.3 is 15.1 Å². The molecular weight excluding hydrogens is 396 g/mol. The van der Waals surface area contributed by atoms with Crippen molar-refractivity contribution in [3.8, 4) is 0 Å². The van der Waals surface area contributed by atoms with E-state index in [9.17, 15) is 9.59 Å². The highest BCUT2D eigenvalue weighted by atomic mass is 79.9. The van der Waals surface area contributed by atoms with Crippen molar-refractivity contribution in [3.05, 3.63) is 24.4 Å². The summed E-state index contributed by atoms with van der Waals surface area (Å²) in [6.07, 6.45) is 5.12. The van der Waals surface area contributed by atoms with E-state index in [0.717, 1.165) is 38.2 Å². The normalized spacial score (nSPS) is 32.0. The van der Waals surface area contributed by atoms with Crippen LogP contribution in [0.4, 0.5) is 5.82 Å². The molecule has 0 bridgehead atoms. The Labute approximate surface area is 162 Å². The zero-order chi connectivity index (χ0) is 18.1. The number of rotatable bonds is 2. The number of aromatic nitrogens is 1. The van der Waals surface area contributed by atoms with E-state index < -0.39 is 0 Å². The molecule has 0 radical (unpaired) electrons. The Morgan fingerprint density at radius 2 is 2.00 bits per heavy atom. The van der Waals surface area contributed by atoms with Crippen LogP contribution in [0.25, 0.3) is 0 Å². The highest BCUT2D eigenvalue weighted by Crippen LogP contribution is 2.38. The van der Waals surface area contributed by atoms with Gasteiger partial charge in [-0.3, -0.25) is 9.59 Å². The predicted octanol–water partition coefficient (Wildman–Crippen LogP) is 1.80. The van der Waals surface area contributed by atoms with Crippen molar-refractivity contribution in [2.45, 2.75) is 36.6 Å². The first-order valence-electron chi connectivity index (χ1n) is 9.50. The van der Waals surface area contributed by atoms with Crippen molar-refractivity contribution in [1.82, 2.24) is 15.2 Å². The molecule has 1 saturated carbocycles. The topological polar surface area (TPSA) is 65.5 Å². The third kappa shape index (κ3) is 3.59. The Hall–Kier alpha value is -1.63. The first kappa shape index (κ1) is 17.8. The van der Waals surface area contributed by atoms with E-state index >= 15 is 0 Å². The second kappa shape index (κ2) is 7.55. The van der Waals surface area contributed by atoms with Crippen LogP contribution in [0.15, 0.2) is 24.4 Å². The molecule has 2 aliphatic heterocycles. The van der Waals surface area contributed by atoms with Crippen LogP contribution < -0.4 is 10.2 Å². The molecule has 140 valence electrons. The fourth-order valence-electron chi connectivity index (χ4n) is 4.59. The molecule has 0 spiro atoms. The maximum atomic E-state index is 13.2. The lowest BCUT2D eigenvalue weighted by molar-refractivity contribution is -0.145. The monoisotopic (exact) mass is 420 g/mol. The summed E-state index contributed by atoms with van der Waals surface area (Å²) in [4.78, 5) is 34.3. The lowest BCUT2D eigenvalue weighted by atomic mass is 9.72. The van der Waals surface area contributed by atoms with Gasteiger partial charge in [0.25, 0.3) is 0 Å². The van der Waals surface area contributed by atoms with Crippen LogP contribution in [-0.2, 0) is 9.59 Å². The SMILES string of the molecule is O=C1CC(C(=O)N2CCN(c3ccccn3)CC2)C2CC(Br)CCC2N1. The number of piperazine rings is 1. The maximum absolute atomic E-state index is 13.2. The number of piperidine rings is 1. The molecule has 3 fully saturated rings. The number of fused-ring (bicyclic) bond motifs is 1. The van der Waals surface area contributed by atoms with Gasteiger partial charge in [-0.1, -0.05) is 22.0 Å². The number of anilines is 1. The summed E-state index contributed by atoms with van der Waals surface area (Å²) in [5.41, 5.74) is 0. The van der Waals surface area contributed by atoms with E-state index in [2.05, 4.69) is 31.1 Å². The maximum Gasteiger partial charge on any atom is 0.226 e. The van der Waals surface area contributed by atoms with Crippen LogP contribution >= 0.6 is 15.9 Å². The van der Waals surface area contributed by atoms with Crippen molar-refractivity contribution < 1.29 is 9.59 Å². The minimum Gasteiger partial charge on any atom is -0.353 e. The van der Waals surface area contributed by atoms with Crippen LogP contribution in [-0.4, -0.2) is 58.7 Å². The molecule has 6 nitrogen and oxygen atoms in total. The fraction of sp³-hybridized carbons (Fsp3) is 0.632. The van der Waals surface area contributed by atoms with Crippen LogP contribution in [0.3, 0.4) is 0 Å². The quantitative estimate of drug-likeness (QED) is 0.740. The zero-order valence-electron chi connectivity index (χ0n) is 14.8. The van der Waals surface area contributed by atoms with Gasteiger partial charge in [-0.05, 0) is 37.3 Å². The van der Waals surface area contributed by atoms with E-state index in [0.29, 0.717) is 24.3 Å². The van der Waals surface area contributed by atoms with Gasteiger partial charge in [-0.2, -0.15) is 0 Å². The average molecular weight is 421 g/mol. The lowest BCUT2D eigenvalue weighted by Crippen LogP contribution is -2.58. The van der Waals surface area contributed by atoms with Crippen LogP contribution in [0.5, 0.6) is 0 Å². The van der Waals surface area contributed by atoms with Gasteiger partial charge in [0.15, 0.2) is 0 Å². The molecule has 26 heavy (non-hydrogen) atoms. The predicted molar refractivity (Wildman–Crippen MR) is 103 cm³/mol. The summed E-state index contributed by atoms with van der Waals surface area (Å²) in [5, 5.41) is 3.11. The van der Waals surface area contributed by atoms with Crippen molar-refractivity contribution in [1.29, 1.82) is 0 Å². The molecule has 0 aromatic carbocycles. The van der Waals surface area contributed by atoms with Crippen molar-refractivity contribution in [3.63, 3.8) is 0 Å². The highest BCUT2D eigenvalue weighted by Gasteiger charge is 2.44. The molecule has 2 saturated heterocycles. The van der Waals surface area contributed by atoms with Gasteiger partial charge in [0.05, 0.1) is 5.92 Å². The number of nitrogens with zero attached hydrogens (tertiary/aromatic N) is 3. The number of halogens is 1. The zero-order valence-corrected chi connectivity index (χ0v) is 16.4. The Morgan fingerprint density at radius 1 is 1.19 bits per heavy atom. The number of hydrogen-bond donors (Lipinski definition) is 1. The third-order valence-corrected chi connectivity index (χ3v) is 6.82. The molecule has 4 atom stereocenters. The number of pyridine rings is 1. The van der Waals surface area contributed by atoms with Gasteiger partial charge >= 0.3 is 0 Å². The van der Waals surface area contributed by atoms with Crippen LogP contribution in [0.1, 0.15) is 25.7 Å². The van der Waals surface area contributed by atoms with E-state index in [-0.39, 0.29) is 29.7 Å². The molecule has 4 unspecified atom stereocenters. The number of alkyl halides is 1. The average Bonchev–Trinajstić information content (AvgIpc) is 2.68. The van der Waals surface area contributed by atoms with Crippen LogP contribution in [0, 0.1) is 11.8 Å². The van der Waals surface area contributed by atoms with Crippen molar-refractivity contribution in [2.75, 3.05) is 31.1 Å². The molecule has 1 aromatic heterocycles. The number of hydrogen-bond acceptors (Lipinski definition) is 4. The first-order chi connectivity index (χ1) is 12.6. The largest absolute Gasteiger partial charge is 0.353 e. The van der Waals surface area contributed by atoms with Gasteiger partial charge in [-0.15, -0.1) is 0 Å². The Kier molecular flexibility index (Phi) is 5.16. The number of carbonyl (C=O) groups is 2. The van der Waals surface area contributed by atoms with E-state index in [4.69, 9.17) is 0 Å². The van der Waals surface area contributed by atoms with Crippen molar-refractivity contribution >= 4 is 33.6 Å². The molecule has 4 rings (SSSR count). The molecule has 1 aromatic rings. The summed E-state index contributed by atoms with van der Waals surface area (Å²) < 4.78 is 0.